The van der Waals surface area contributed by atoms with Crippen molar-refractivity contribution in [3.8, 4) is 0 Å². The van der Waals surface area contributed by atoms with Crippen molar-refractivity contribution < 1.29 is 0 Å². The highest BCUT2D eigenvalue weighted by Gasteiger charge is 2.11. The summed E-state index contributed by atoms with van der Waals surface area (Å²) in [6.07, 6.45) is 9.32. The van der Waals surface area contributed by atoms with E-state index in [0.717, 1.165) is 43.2 Å². The molecule has 22 heavy (non-hydrogen) atoms. The lowest BCUT2D eigenvalue weighted by molar-refractivity contribution is 0.633. The van der Waals surface area contributed by atoms with E-state index < -0.39 is 0 Å². The van der Waals surface area contributed by atoms with Crippen LogP contribution in [0.25, 0.3) is 5.65 Å². The van der Waals surface area contributed by atoms with Gasteiger partial charge < -0.3 is 10.6 Å². The van der Waals surface area contributed by atoms with Gasteiger partial charge in [0.05, 0.1) is 0 Å². The first-order valence-electron chi connectivity index (χ1n) is 7.85. The number of hydrogen-bond acceptors (Lipinski definition) is 3. The number of pyridine rings is 1. The molecule has 0 spiro atoms. The van der Waals surface area contributed by atoms with Crippen molar-refractivity contribution >= 4 is 11.6 Å². The minimum absolute atomic E-state index is 0.465. The number of aromatic nitrogens is 3. The van der Waals surface area contributed by atoms with E-state index in [2.05, 4.69) is 44.9 Å². The maximum atomic E-state index is 4.64. The fourth-order valence-electron chi connectivity index (χ4n) is 2.58. The Balaban J connectivity index is 1.60. The van der Waals surface area contributed by atoms with Gasteiger partial charge in [-0.1, -0.05) is 18.2 Å². The van der Waals surface area contributed by atoms with Crippen LogP contribution in [0.5, 0.6) is 0 Å². The standard InChI is InChI=1S/C16H22N6/c1-2-17-16(19-13-7-3-4-8-13)18-11-10-15-21-20-14-9-5-6-12-22(14)15/h3-6,9,12-13H,2,7-8,10-11H2,1H3,(H2,17,18,19). The smallest absolute Gasteiger partial charge is 0.191 e. The van der Waals surface area contributed by atoms with E-state index in [1.165, 1.54) is 0 Å². The molecule has 0 amide bonds. The Kier molecular flexibility index (Phi) is 4.68. The van der Waals surface area contributed by atoms with Crippen molar-refractivity contribution in [2.24, 2.45) is 4.99 Å². The molecule has 2 aromatic heterocycles. The Morgan fingerprint density at radius 1 is 1.32 bits per heavy atom. The third kappa shape index (κ3) is 3.44. The number of hydrogen-bond donors (Lipinski definition) is 2. The van der Waals surface area contributed by atoms with Crippen LogP contribution >= 0.6 is 0 Å². The molecule has 2 N–H and O–H groups in total. The monoisotopic (exact) mass is 298 g/mol. The first-order chi connectivity index (χ1) is 10.9. The summed E-state index contributed by atoms with van der Waals surface area (Å²) >= 11 is 0. The number of nitrogens with one attached hydrogen (secondary N) is 2. The van der Waals surface area contributed by atoms with Crippen molar-refractivity contribution in [3.05, 3.63) is 42.4 Å². The highest BCUT2D eigenvalue weighted by atomic mass is 15.2. The third-order valence-electron chi connectivity index (χ3n) is 3.68. The van der Waals surface area contributed by atoms with Gasteiger partial charge in [-0.3, -0.25) is 9.39 Å². The van der Waals surface area contributed by atoms with E-state index in [4.69, 9.17) is 0 Å². The van der Waals surface area contributed by atoms with Crippen molar-refractivity contribution in [1.29, 1.82) is 0 Å². The number of fused-ring (bicyclic) bond motifs is 1. The van der Waals surface area contributed by atoms with Gasteiger partial charge in [-0.2, -0.15) is 0 Å². The van der Waals surface area contributed by atoms with Crippen molar-refractivity contribution in [2.45, 2.75) is 32.2 Å². The molecule has 2 aromatic rings. The van der Waals surface area contributed by atoms with Crippen LogP contribution in [-0.2, 0) is 6.42 Å². The van der Waals surface area contributed by atoms with Gasteiger partial charge in [0.1, 0.15) is 5.82 Å². The molecule has 0 saturated heterocycles. The van der Waals surface area contributed by atoms with Gasteiger partial charge in [0.2, 0.25) is 0 Å². The predicted octanol–water partition coefficient (Wildman–Crippen LogP) is 1.55. The number of guanidine groups is 1. The lowest BCUT2D eigenvalue weighted by Gasteiger charge is -2.16. The van der Waals surface area contributed by atoms with E-state index >= 15 is 0 Å². The quantitative estimate of drug-likeness (QED) is 0.499. The molecule has 0 atom stereocenters. The highest BCUT2D eigenvalue weighted by molar-refractivity contribution is 5.80. The summed E-state index contributed by atoms with van der Waals surface area (Å²) in [6.45, 7) is 3.63. The molecule has 6 nitrogen and oxygen atoms in total. The Labute approximate surface area is 130 Å². The second-order valence-corrected chi connectivity index (χ2v) is 5.34. The lowest BCUT2D eigenvalue weighted by Crippen LogP contribution is -2.42. The van der Waals surface area contributed by atoms with Gasteiger partial charge in [-0.05, 0) is 31.9 Å². The van der Waals surface area contributed by atoms with Crippen molar-refractivity contribution in [1.82, 2.24) is 25.2 Å². The van der Waals surface area contributed by atoms with Crippen LogP contribution in [0, 0.1) is 0 Å². The molecule has 0 unspecified atom stereocenters. The van der Waals surface area contributed by atoms with E-state index in [1.54, 1.807) is 0 Å². The molecule has 0 aliphatic heterocycles. The molecule has 0 saturated carbocycles. The molecule has 1 aliphatic rings. The molecule has 0 aromatic carbocycles. The van der Waals surface area contributed by atoms with Crippen LogP contribution in [0.1, 0.15) is 25.6 Å². The zero-order chi connectivity index (χ0) is 15.2. The molecule has 2 heterocycles. The molecular weight excluding hydrogens is 276 g/mol. The average Bonchev–Trinajstić information content (AvgIpc) is 3.18. The van der Waals surface area contributed by atoms with Crippen LogP contribution in [0.2, 0.25) is 0 Å². The number of rotatable bonds is 5. The fourth-order valence-corrected chi connectivity index (χ4v) is 2.58. The molecule has 0 radical (unpaired) electrons. The van der Waals surface area contributed by atoms with E-state index in [9.17, 15) is 0 Å². The first-order valence-corrected chi connectivity index (χ1v) is 7.85. The van der Waals surface area contributed by atoms with Gasteiger partial charge in [-0.15, -0.1) is 10.2 Å². The van der Waals surface area contributed by atoms with Gasteiger partial charge in [0.25, 0.3) is 0 Å². The van der Waals surface area contributed by atoms with Crippen LogP contribution < -0.4 is 10.6 Å². The minimum Gasteiger partial charge on any atom is -0.357 e. The average molecular weight is 298 g/mol. The molecule has 116 valence electrons. The van der Waals surface area contributed by atoms with Gasteiger partial charge >= 0.3 is 0 Å². The Morgan fingerprint density at radius 3 is 3.00 bits per heavy atom. The highest BCUT2D eigenvalue weighted by Crippen LogP contribution is 2.08. The van der Waals surface area contributed by atoms with Crippen molar-refractivity contribution in [2.75, 3.05) is 13.1 Å². The topological polar surface area (TPSA) is 66.6 Å². The summed E-state index contributed by atoms with van der Waals surface area (Å²) in [5.41, 5.74) is 0.878. The van der Waals surface area contributed by atoms with Crippen molar-refractivity contribution in [3.63, 3.8) is 0 Å². The summed E-state index contributed by atoms with van der Waals surface area (Å²) in [5, 5.41) is 15.2. The van der Waals surface area contributed by atoms with Crippen LogP contribution in [0.15, 0.2) is 41.5 Å². The third-order valence-corrected chi connectivity index (χ3v) is 3.68. The first kappa shape index (κ1) is 14.6. The summed E-state index contributed by atoms with van der Waals surface area (Å²) in [4.78, 5) is 4.64. The maximum absolute atomic E-state index is 4.64. The molecule has 1 aliphatic carbocycles. The summed E-state index contributed by atoms with van der Waals surface area (Å²) < 4.78 is 2.01. The molecular formula is C16H22N6. The second-order valence-electron chi connectivity index (χ2n) is 5.34. The maximum Gasteiger partial charge on any atom is 0.191 e. The van der Waals surface area contributed by atoms with E-state index in [-0.39, 0.29) is 0 Å². The minimum atomic E-state index is 0.465. The fraction of sp³-hybridized carbons (Fsp3) is 0.438. The second kappa shape index (κ2) is 7.06. The van der Waals surface area contributed by atoms with Gasteiger partial charge in [0.15, 0.2) is 11.6 Å². The largest absolute Gasteiger partial charge is 0.357 e. The zero-order valence-corrected chi connectivity index (χ0v) is 12.9. The normalized spacial score (nSPS) is 15.6. The van der Waals surface area contributed by atoms with E-state index in [1.807, 2.05) is 28.8 Å². The van der Waals surface area contributed by atoms with Gasteiger partial charge in [0, 0.05) is 31.7 Å². The number of aliphatic imine (C=N–C) groups is 1. The van der Waals surface area contributed by atoms with E-state index in [0.29, 0.717) is 12.6 Å². The predicted molar refractivity (Wildman–Crippen MR) is 88.0 cm³/mol. The molecule has 0 bridgehead atoms. The Hall–Kier alpha value is -2.37. The SMILES string of the molecule is CCNC(=NCCc1nnc2ccccn12)NC1CC=CC1. The summed E-state index contributed by atoms with van der Waals surface area (Å²) in [5.74, 6) is 1.82. The summed E-state index contributed by atoms with van der Waals surface area (Å²) in [6, 6.07) is 6.38. The van der Waals surface area contributed by atoms with Gasteiger partial charge in [-0.25, -0.2) is 0 Å². The Morgan fingerprint density at radius 2 is 2.18 bits per heavy atom. The molecule has 0 fully saturated rings. The van der Waals surface area contributed by atoms with Crippen LogP contribution in [0.4, 0.5) is 0 Å². The number of nitrogens with zero attached hydrogens (tertiary/aromatic N) is 4. The zero-order valence-electron chi connectivity index (χ0n) is 12.9. The Bertz CT molecular complexity index is 664. The van der Waals surface area contributed by atoms with Crippen LogP contribution in [-0.4, -0.2) is 39.7 Å². The van der Waals surface area contributed by atoms with Crippen LogP contribution in [0.3, 0.4) is 0 Å². The molecule has 6 heteroatoms. The molecule has 3 rings (SSSR count). The summed E-state index contributed by atoms with van der Waals surface area (Å²) in [7, 11) is 0. The lowest BCUT2D eigenvalue weighted by atomic mass is 10.2.